The maximum Gasteiger partial charge on any atom is 0.230 e. The number of carbonyl (C=O) groups excluding carboxylic acids is 1. The fourth-order valence-electron chi connectivity index (χ4n) is 2.72. The number of benzene rings is 1. The number of amides is 1. The lowest BCUT2D eigenvalue weighted by Crippen LogP contribution is -2.22. The van der Waals surface area contributed by atoms with Gasteiger partial charge < -0.3 is 5.73 Å². The van der Waals surface area contributed by atoms with E-state index in [0.29, 0.717) is 0 Å². The normalized spacial score (nSPS) is 12.5. The van der Waals surface area contributed by atoms with Crippen molar-refractivity contribution in [3.05, 3.63) is 40.5 Å². The van der Waals surface area contributed by atoms with Crippen LogP contribution in [0.4, 0.5) is 0 Å². The monoisotopic (exact) mass is 371 g/mol. The largest absolute Gasteiger partial charge is 0.369 e. The van der Waals surface area contributed by atoms with Crippen molar-refractivity contribution in [2.24, 2.45) is 5.73 Å². The number of primary amides is 1. The highest BCUT2D eigenvalue weighted by Gasteiger charge is 2.21. The van der Waals surface area contributed by atoms with Gasteiger partial charge in [-0.25, -0.2) is 9.97 Å². The second-order valence-corrected chi connectivity index (χ2v) is 8.49. The number of rotatable bonds is 5. The van der Waals surface area contributed by atoms with Gasteiger partial charge in [0.15, 0.2) is 0 Å². The number of fused-ring (bicyclic) bond motifs is 1. The number of thiophene rings is 1. The van der Waals surface area contributed by atoms with Crippen LogP contribution in [0.15, 0.2) is 29.6 Å². The molecule has 3 rings (SSSR count). The van der Waals surface area contributed by atoms with Gasteiger partial charge in [-0.05, 0) is 43.9 Å². The van der Waals surface area contributed by atoms with Gasteiger partial charge in [0.2, 0.25) is 5.91 Å². The van der Waals surface area contributed by atoms with E-state index in [0.717, 1.165) is 21.7 Å². The Morgan fingerprint density at radius 1 is 1.28 bits per heavy atom. The van der Waals surface area contributed by atoms with Crippen LogP contribution in [0, 0.1) is 13.8 Å². The molecule has 1 unspecified atom stereocenters. The summed E-state index contributed by atoms with van der Waals surface area (Å²) >= 11 is 3.10. The molecule has 3 aromatic rings. The lowest BCUT2D eigenvalue weighted by atomic mass is 9.98. The third-order valence-corrected chi connectivity index (χ3v) is 6.69. The third-order valence-electron chi connectivity index (χ3n) is 4.33. The first-order valence-corrected chi connectivity index (χ1v) is 9.92. The van der Waals surface area contributed by atoms with Crippen molar-refractivity contribution in [2.75, 3.05) is 0 Å². The first kappa shape index (κ1) is 17.9. The van der Waals surface area contributed by atoms with Crippen molar-refractivity contribution in [1.29, 1.82) is 0 Å². The molecule has 2 aromatic heterocycles. The van der Waals surface area contributed by atoms with Crippen molar-refractivity contribution in [3.8, 4) is 11.1 Å². The van der Waals surface area contributed by atoms with Crippen LogP contribution in [-0.4, -0.2) is 21.1 Å². The van der Waals surface area contributed by atoms with E-state index >= 15 is 0 Å². The van der Waals surface area contributed by atoms with Gasteiger partial charge >= 0.3 is 0 Å². The predicted octanol–water partition coefficient (Wildman–Crippen LogP) is 4.50. The molecule has 2 N–H and O–H groups in total. The summed E-state index contributed by atoms with van der Waals surface area (Å²) in [5, 5.41) is 1.52. The van der Waals surface area contributed by atoms with Gasteiger partial charge in [-0.2, -0.15) is 0 Å². The summed E-state index contributed by atoms with van der Waals surface area (Å²) in [6, 6.07) is 6.52. The fraction of sp³-hybridized carbons (Fsp3) is 0.316. The van der Waals surface area contributed by atoms with E-state index in [1.807, 2.05) is 6.92 Å². The number of aryl methyl sites for hydroxylation is 3. The van der Waals surface area contributed by atoms with Gasteiger partial charge in [-0.15, -0.1) is 11.3 Å². The highest BCUT2D eigenvalue weighted by Crippen LogP contribution is 2.43. The summed E-state index contributed by atoms with van der Waals surface area (Å²) in [7, 11) is 0. The summed E-state index contributed by atoms with van der Waals surface area (Å²) < 4.78 is 0. The molecule has 1 atom stereocenters. The molecule has 6 heteroatoms. The van der Waals surface area contributed by atoms with E-state index in [2.05, 4.69) is 48.9 Å². The third kappa shape index (κ3) is 3.41. The minimum atomic E-state index is -0.338. The molecule has 0 aliphatic heterocycles. The molecule has 4 nitrogen and oxygen atoms in total. The van der Waals surface area contributed by atoms with Crippen LogP contribution in [0.2, 0.25) is 0 Å². The summed E-state index contributed by atoms with van der Waals surface area (Å²) in [5.41, 5.74) is 10.3. The van der Waals surface area contributed by atoms with Crippen molar-refractivity contribution in [3.63, 3.8) is 0 Å². The Morgan fingerprint density at radius 3 is 2.68 bits per heavy atom. The van der Waals surface area contributed by atoms with E-state index in [4.69, 9.17) is 5.73 Å². The van der Waals surface area contributed by atoms with Crippen LogP contribution in [0.3, 0.4) is 0 Å². The van der Waals surface area contributed by atoms with Gasteiger partial charge in [0, 0.05) is 10.4 Å². The highest BCUT2D eigenvalue weighted by molar-refractivity contribution is 8.00. The van der Waals surface area contributed by atoms with Crippen molar-refractivity contribution >= 4 is 39.2 Å². The SMILES string of the molecule is CCc1sc2ncnc(SC(C)C(N)=O)c2c1-c1ccc(C)c(C)c1. The molecule has 0 saturated heterocycles. The number of thioether (sulfide) groups is 1. The van der Waals surface area contributed by atoms with E-state index in [1.54, 1.807) is 17.7 Å². The molecule has 0 bridgehead atoms. The molecule has 1 amide bonds. The Hall–Kier alpha value is -1.92. The van der Waals surface area contributed by atoms with Crippen molar-refractivity contribution in [2.45, 2.75) is 44.4 Å². The minimum Gasteiger partial charge on any atom is -0.369 e. The van der Waals surface area contributed by atoms with Crippen molar-refractivity contribution < 1.29 is 4.79 Å². The quantitative estimate of drug-likeness (QED) is 0.529. The Morgan fingerprint density at radius 2 is 2.04 bits per heavy atom. The summed E-state index contributed by atoms with van der Waals surface area (Å²) in [5.74, 6) is -0.338. The Balaban J connectivity index is 2.25. The van der Waals surface area contributed by atoms with Crippen LogP contribution in [0.1, 0.15) is 29.9 Å². The fourth-order valence-corrected chi connectivity index (χ4v) is 4.76. The van der Waals surface area contributed by atoms with Crippen LogP contribution >= 0.6 is 23.1 Å². The molecule has 0 radical (unpaired) electrons. The molecule has 130 valence electrons. The predicted molar refractivity (Wildman–Crippen MR) is 106 cm³/mol. The zero-order valence-corrected chi connectivity index (χ0v) is 16.4. The molecular formula is C19H21N3OS2. The topological polar surface area (TPSA) is 68.9 Å². The second-order valence-electron chi connectivity index (χ2n) is 6.07. The number of hydrogen-bond acceptors (Lipinski definition) is 5. The molecule has 0 aliphatic carbocycles. The number of nitrogens with zero attached hydrogens (tertiary/aromatic N) is 2. The lowest BCUT2D eigenvalue weighted by molar-refractivity contribution is -0.117. The van der Waals surface area contributed by atoms with E-state index in [-0.39, 0.29) is 11.2 Å². The molecule has 0 aliphatic rings. The Labute approximate surface area is 155 Å². The molecule has 1 aromatic carbocycles. The number of carbonyl (C=O) groups is 1. The average Bonchev–Trinajstić information content (AvgIpc) is 2.97. The van der Waals surface area contributed by atoms with Crippen LogP contribution in [0.5, 0.6) is 0 Å². The molecule has 0 saturated carbocycles. The van der Waals surface area contributed by atoms with Gasteiger partial charge in [-0.3, -0.25) is 4.79 Å². The van der Waals surface area contributed by atoms with Gasteiger partial charge in [-0.1, -0.05) is 36.9 Å². The molecule has 0 fully saturated rings. The summed E-state index contributed by atoms with van der Waals surface area (Å²) in [6.45, 7) is 8.20. The number of hydrogen-bond donors (Lipinski definition) is 1. The second kappa shape index (κ2) is 7.14. The lowest BCUT2D eigenvalue weighted by Gasteiger charge is -2.10. The van der Waals surface area contributed by atoms with Crippen LogP contribution in [0.25, 0.3) is 21.3 Å². The first-order chi connectivity index (χ1) is 11.9. The summed E-state index contributed by atoms with van der Waals surface area (Å²) in [4.78, 5) is 22.7. The molecular weight excluding hydrogens is 350 g/mol. The zero-order valence-electron chi connectivity index (χ0n) is 14.8. The number of aromatic nitrogens is 2. The standard InChI is InChI=1S/C19H21N3OS2/c1-5-14-15(13-7-6-10(2)11(3)8-13)16-18(24-12(4)17(20)23)21-9-22-19(16)25-14/h6-9,12H,5H2,1-4H3,(H2,20,23). The highest BCUT2D eigenvalue weighted by atomic mass is 32.2. The van der Waals surface area contributed by atoms with Gasteiger partial charge in [0.05, 0.1) is 10.6 Å². The maximum atomic E-state index is 11.5. The first-order valence-electron chi connectivity index (χ1n) is 8.22. The Kier molecular flexibility index (Phi) is 5.11. The maximum absolute atomic E-state index is 11.5. The van der Waals surface area contributed by atoms with E-state index < -0.39 is 0 Å². The van der Waals surface area contributed by atoms with E-state index in [1.165, 1.54) is 38.9 Å². The number of nitrogens with two attached hydrogens (primary N) is 1. The van der Waals surface area contributed by atoms with Crippen molar-refractivity contribution in [1.82, 2.24) is 9.97 Å². The smallest absolute Gasteiger partial charge is 0.230 e. The summed E-state index contributed by atoms with van der Waals surface area (Å²) in [6.07, 6.45) is 2.50. The van der Waals surface area contributed by atoms with Crippen LogP contribution < -0.4 is 5.73 Å². The van der Waals surface area contributed by atoms with Gasteiger partial charge in [0.1, 0.15) is 16.2 Å². The van der Waals surface area contributed by atoms with Gasteiger partial charge in [0.25, 0.3) is 0 Å². The zero-order chi connectivity index (χ0) is 18.1. The average molecular weight is 372 g/mol. The molecule has 2 heterocycles. The Bertz CT molecular complexity index is 949. The van der Waals surface area contributed by atoms with E-state index in [9.17, 15) is 4.79 Å². The minimum absolute atomic E-state index is 0.337. The van der Waals surface area contributed by atoms with Crippen LogP contribution in [-0.2, 0) is 11.2 Å². The molecule has 0 spiro atoms. The molecule has 25 heavy (non-hydrogen) atoms.